The number of benzene rings is 1. The summed E-state index contributed by atoms with van der Waals surface area (Å²) in [6.45, 7) is 7.01. The number of carbonyl (C=O) groups excluding carboxylic acids is 1. The van der Waals surface area contributed by atoms with Crippen LogP contribution in [0.2, 0.25) is 0 Å². The van der Waals surface area contributed by atoms with E-state index in [1.807, 2.05) is 26.0 Å². The van der Waals surface area contributed by atoms with Crippen molar-refractivity contribution in [2.45, 2.75) is 45.1 Å². The average molecular weight is 367 g/mol. The Morgan fingerprint density at radius 3 is 2.48 bits per heavy atom. The number of rotatable bonds is 6. The van der Waals surface area contributed by atoms with Crippen LogP contribution in [0.5, 0.6) is 0 Å². The maximum atomic E-state index is 12.5. The minimum atomic E-state index is -0.306. The lowest BCUT2D eigenvalue weighted by atomic mass is 10.0. The summed E-state index contributed by atoms with van der Waals surface area (Å²) in [5.41, 5.74) is 2.10. The quantitative estimate of drug-likeness (QED) is 0.825. The third-order valence-corrected chi connectivity index (χ3v) is 5.28. The van der Waals surface area contributed by atoms with Crippen LogP contribution >= 0.6 is 0 Å². The first-order valence-corrected chi connectivity index (χ1v) is 9.83. The third-order valence-electron chi connectivity index (χ3n) is 5.28. The van der Waals surface area contributed by atoms with Gasteiger partial charge in [-0.2, -0.15) is 0 Å². The number of hydrogen-bond donors (Lipinski definition) is 2. The fraction of sp³-hybridized carbons (Fsp3) is 0.455. The topological polar surface area (TPSA) is 65.2 Å². The van der Waals surface area contributed by atoms with Crippen molar-refractivity contribution >= 4 is 5.91 Å². The van der Waals surface area contributed by atoms with Gasteiger partial charge in [-0.3, -0.25) is 9.59 Å². The molecule has 0 spiro atoms. The molecular weight excluding hydrogens is 338 g/mol. The monoisotopic (exact) mass is 367 g/mol. The molecule has 144 valence electrons. The molecule has 1 aliphatic rings. The Bertz CT molecular complexity index is 806. The molecule has 2 heterocycles. The van der Waals surface area contributed by atoms with Crippen LogP contribution in [-0.2, 0) is 6.42 Å². The number of nitrogens with zero attached hydrogens (tertiary/aromatic N) is 1. The highest BCUT2D eigenvalue weighted by atomic mass is 16.2. The highest BCUT2D eigenvalue weighted by Gasteiger charge is 2.22. The highest BCUT2D eigenvalue weighted by Crippen LogP contribution is 2.13. The Hall–Kier alpha value is -2.40. The van der Waals surface area contributed by atoms with E-state index in [4.69, 9.17) is 0 Å². The van der Waals surface area contributed by atoms with E-state index >= 15 is 0 Å². The Balaban J connectivity index is 1.47. The zero-order valence-electron chi connectivity index (χ0n) is 16.2. The van der Waals surface area contributed by atoms with Crippen molar-refractivity contribution in [3.8, 4) is 0 Å². The van der Waals surface area contributed by atoms with Crippen molar-refractivity contribution in [1.82, 2.24) is 15.2 Å². The first kappa shape index (κ1) is 19.4. The number of carbonyl (C=O) groups is 1. The fourth-order valence-corrected chi connectivity index (χ4v) is 3.50. The molecule has 0 bridgehead atoms. The minimum absolute atomic E-state index is 0.134. The van der Waals surface area contributed by atoms with Gasteiger partial charge in [0.05, 0.1) is 0 Å². The van der Waals surface area contributed by atoms with Crippen molar-refractivity contribution in [3.05, 3.63) is 69.6 Å². The van der Waals surface area contributed by atoms with Gasteiger partial charge in [0.25, 0.3) is 11.5 Å². The molecule has 5 heteroatoms. The van der Waals surface area contributed by atoms with Crippen LogP contribution in [0.3, 0.4) is 0 Å². The number of hydrogen-bond acceptors (Lipinski definition) is 3. The molecule has 0 aliphatic carbocycles. The maximum absolute atomic E-state index is 12.5. The van der Waals surface area contributed by atoms with Gasteiger partial charge in [-0.05, 0) is 42.9 Å². The predicted molar refractivity (Wildman–Crippen MR) is 108 cm³/mol. The molecule has 27 heavy (non-hydrogen) atoms. The zero-order chi connectivity index (χ0) is 19.2. The molecule has 1 saturated heterocycles. The largest absolute Gasteiger partial charge is 0.349 e. The number of amides is 1. The van der Waals surface area contributed by atoms with E-state index < -0.39 is 0 Å². The van der Waals surface area contributed by atoms with Crippen molar-refractivity contribution in [2.75, 3.05) is 19.6 Å². The molecule has 5 nitrogen and oxygen atoms in total. The number of nitrogens with one attached hydrogen (secondary N) is 2. The van der Waals surface area contributed by atoms with E-state index in [0.29, 0.717) is 0 Å². The van der Waals surface area contributed by atoms with Gasteiger partial charge < -0.3 is 15.2 Å². The Morgan fingerprint density at radius 1 is 1.15 bits per heavy atom. The smallest absolute Gasteiger partial charge is 0.261 e. The van der Waals surface area contributed by atoms with Crippen LogP contribution in [0.15, 0.2) is 47.3 Å². The lowest BCUT2D eigenvalue weighted by Gasteiger charge is -2.32. The highest BCUT2D eigenvalue weighted by molar-refractivity contribution is 5.94. The molecule has 1 aromatic heterocycles. The minimum Gasteiger partial charge on any atom is -0.349 e. The molecule has 0 unspecified atom stereocenters. The normalized spacial score (nSPS) is 15.8. The summed E-state index contributed by atoms with van der Waals surface area (Å²) in [6.07, 6.45) is 2.89. The van der Waals surface area contributed by atoms with Crippen LogP contribution in [0.25, 0.3) is 0 Å². The summed E-state index contributed by atoms with van der Waals surface area (Å²) >= 11 is 0. The van der Waals surface area contributed by atoms with Crippen LogP contribution < -0.4 is 10.9 Å². The van der Waals surface area contributed by atoms with E-state index in [9.17, 15) is 9.59 Å². The summed E-state index contributed by atoms with van der Waals surface area (Å²) in [7, 11) is 0. The van der Waals surface area contributed by atoms with Crippen molar-refractivity contribution in [3.63, 3.8) is 0 Å². The number of piperidine rings is 1. The molecular formula is C22H29N3O2. The number of H-pyrrole nitrogens is 1. The van der Waals surface area contributed by atoms with E-state index in [1.165, 1.54) is 5.56 Å². The van der Waals surface area contributed by atoms with Gasteiger partial charge in [0, 0.05) is 31.4 Å². The lowest BCUT2D eigenvalue weighted by molar-refractivity contribution is 0.0910. The SMILES string of the molecule is CC(C)c1ccc(C(=O)NC2CCN(CCc3ccccc3)CC2)c(=O)[nH]1. The number of likely N-dealkylation sites (tertiary alicyclic amines) is 1. The Morgan fingerprint density at radius 2 is 1.85 bits per heavy atom. The van der Waals surface area contributed by atoms with Gasteiger partial charge in [-0.1, -0.05) is 44.2 Å². The van der Waals surface area contributed by atoms with Crippen molar-refractivity contribution in [2.24, 2.45) is 0 Å². The van der Waals surface area contributed by atoms with E-state index in [2.05, 4.69) is 39.5 Å². The van der Waals surface area contributed by atoms with Crippen LogP contribution in [-0.4, -0.2) is 41.5 Å². The van der Waals surface area contributed by atoms with Crippen LogP contribution in [0, 0.1) is 0 Å². The molecule has 0 saturated carbocycles. The zero-order valence-corrected chi connectivity index (χ0v) is 16.2. The molecule has 0 atom stereocenters. The molecule has 2 N–H and O–H groups in total. The molecule has 0 radical (unpaired) electrons. The average Bonchev–Trinajstić information content (AvgIpc) is 2.68. The standard InChI is InChI=1S/C22H29N3O2/c1-16(2)20-9-8-19(22(27)24-20)21(26)23-18-11-14-25(15-12-18)13-10-17-6-4-3-5-7-17/h3-9,16,18H,10-15H2,1-2H3,(H,23,26)(H,24,27). The summed E-state index contributed by atoms with van der Waals surface area (Å²) in [5, 5.41) is 3.03. The Kier molecular flexibility index (Phi) is 6.45. The first-order valence-electron chi connectivity index (χ1n) is 9.83. The second-order valence-electron chi connectivity index (χ2n) is 7.64. The maximum Gasteiger partial charge on any atom is 0.261 e. The molecule has 1 amide bonds. The number of pyridine rings is 1. The molecule has 2 aromatic rings. The van der Waals surface area contributed by atoms with Gasteiger partial charge in [0.15, 0.2) is 0 Å². The second-order valence-corrected chi connectivity index (χ2v) is 7.64. The molecule has 1 fully saturated rings. The second kappa shape index (κ2) is 9.00. The number of aromatic amines is 1. The summed E-state index contributed by atoms with van der Waals surface area (Å²) in [4.78, 5) is 29.9. The van der Waals surface area contributed by atoms with Gasteiger partial charge in [0.2, 0.25) is 0 Å². The number of aromatic nitrogens is 1. The van der Waals surface area contributed by atoms with E-state index in [0.717, 1.165) is 44.6 Å². The van der Waals surface area contributed by atoms with E-state index in [1.54, 1.807) is 6.07 Å². The van der Waals surface area contributed by atoms with Gasteiger partial charge in [-0.15, -0.1) is 0 Å². The van der Waals surface area contributed by atoms with Gasteiger partial charge >= 0.3 is 0 Å². The summed E-state index contributed by atoms with van der Waals surface area (Å²) in [6, 6.07) is 14.1. The lowest BCUT2D eigenvalue weighted by Crippen LogP contribution is -2.46. The molecule has 1 aliphatic heterocycles. The van der Waals surface area contributed by atoms with E-state index in [-0.39, 0.29) is 29.0 Å². The van der Waals surface area contributed by atoms with Crippen LogP contribution in [0.1, 0.15) is 54.2 Å². The van der Waals surface area contributed by atoms with Crippen LogP contribution in [0.4, 0.5) is 0 Å². The van der Waals surface area contributed by atoms with Gasteiger partial charge in [-0.25, -0.2) is 0 Å². The fourth-order valence-electron chi connectivity index (χ4n) is 3.50. The molecule has 3 rings (SSSR count). The summed E-state index contributed by atoms with van der Waals surface area (Å²) < 4.78 is 0. The third kappa shape index (κ3) is 5.30. The van der Waals surface area contributed by atoms with Gasteiger partial charge in [0.1, 0.15) is 5.56 Å². The molecule has 1 aromatic carbocycles. The first-order chi connectivity index (χ1) is 13.0. The predicted octanol–water partition coefficient (Wildman–Crippen LogP) is 2.94. The Labute approximate surface area is 160 Å². The summed E-state index contributed by atoms with van der Waals surface area (Å²) in [5.74, 6) is -0.0377. The van der Waals surface area contributed by atoms with Crippen molar-refractivity contribution in [1.29, 1.82) is 0 Å². The van der Waals surface area contributed by atoms with Crippen molar-refractivity contribution < 1.29 is 4.79 Å².